The monoisotopic (exact) mass is 694 g/mol. The summed E-state index contributed by atoms with van der Waals surface area (Å²) in [6.07, 6.45) is 6.48. The quantitative estimate of drug-likeness (QED) is 0.132. The fourth-order valence-electron chi connectivity index (χ4n) is 5.92. The molecule has 11 heteroatoms. The third kappa shape index (κ3) is 8.78. The molecule has 0 fully saturated rings. The number of amides is 3. The molecular formula is C39H42N4O6S. The van der Waals surface area contributed by atoms with Crippen LogP contribution in [0.2, 0.25) is 0 Å². The zero-order valence-corrected chi connectivity index (χ0v) is 29.1. The van der Waals surface area contributed by atoms with Crippen LogP contribution in [0.5, 0.6) is 0 Å². The molecule has 0 radical (unpaired) electrons. The van der Waals surface area contributed by atoms with Crippen molar-refractivity contribution in [3.63, 3.8) is 0 Å². The number of hydrogen-bond donors (Lipinski definition) is 3. The number of hydrogen-bond acceptors (Lipinski definition) is 5. The normalized spacial score (nSPS) is 12.8. The molecule has 4 aromatic carbocycles. The van der Waals surface area contributed by atoms with E-state index in [4.69, 9.17) is 5.11 Å². The van der Waals surface area contributed by atoms with Crippen molar-refractivity contribution in [2.75, 3.05) is 27.6 Å². The van der Waals surface area contributed by atoms with Crippen molar-refractivity contribution >= 4 is 50.6 Å². The van der Waals surface area contributed by atoms with Gasteiger partial charge in [0, 0.05) is 30.0 Å². The standard InChI is InChI=1S/C39H42N4O6S/c1-3-43(35-12-8-5-9-13-35)50(48,49)36-26-33(21-14-28(36)2)41-39(47)42(34-22-19-31(20-23-34)30-10-6-4-7-11-30)27-29-15-17-32(18-16-29)38(46)40-25-24-37(44)45/h5,8-10,12-23,26H,3-4,6-7,11,24-25,27H2,1-2H3,(H,40,46)(H,41,47)(H,44,45). The number of carbonyl (C=O) groups excluding carboxylic acids is 2. The van der Waals surface area contributed by atoms with Gasteiger partial charge in [-0.05, 0) is 110 Å². The number of carboxylic acid groups (broad SMARTS) is 1. The molecule has 260 valence electrons. The molecule has 50 heavy (non-hydrogen) atoms. The van der Waals surface area contributed by atoms with E-state index < -0.39 is 22.0 Å². The molecule has 0 spiro atoms. The fourth-order valence-corrected chi connectivity index (χ4v) is 7.64. The number of benzene rings is 4. The lowest BCUT2D eigenvalue weighted by Crippen LogP contribution is -2.35. The minimum Gasteiger partial charge on any atom is -0.481 e. The molecule has 0 saturated heterocycles. The first-order chi connectivity index (χ1) is 24.1. The molecular weight excluding hydrogens is 653 g/mol. The molecule has 0 aliphatic heterocycles. The average Bonchev–Trinajstić information content (AvgIpc) is 3.12. The Morgan fingerprint density at radius 2 is 1.58 bits per heavy atom. The predicted octanol–water partition coefficient (Wildman–Crippen LogP) is 7.61. The van der Waals surface area contributed by atoms with Crippen LogP contribution >= 0.6 is 0 Å². The summed E-state index contributed by atoms with van der Waals surface area (Å²) in [6.45, 7) is 3.90. The molecule has 1 aliphatic rings. The Balaban J connectivity index is 1.41. The van der Waals surface area contributed by atoms with E-state index in [2.05, 4.69) is 16.7 Å². The number of nitrogens with zero attached hydrogens (tertiary/aromatic N) is 2. The second kappa shape index (κ2) is 16.3. The van der Waals surface area contributed by atoms with Gasteiger partial charge in [0.1, 0.15) is 0 Å². The Hall–Kier alpha value is -5.42. The number of carboxylic acids is 1. The summed E-state index contributed by atoms with van der Waals surface area (Å²) in [5.41, 5.74) is 5.57. The number of aryl methyl sites for hydroxylation is 1. The van der Waals surface area contributed by atoms with E-state index in [0.717, 1.165) is 30.4 Å². The zero-order chi connectivity index (χ0) is 35.7. The van der Waals surface area contributed by atoms with Crippen LogP contribution in [0.15, 0.2) is 108 Å². The van der Waals surface area contributed by atoms with Gasteiger partial charge in [-0.15, -0.1) is 0 Å². The van der Waals surface area contributed by atoms with Gasteiger partial charge in [0.25, 0.3) is 15.9 Å². The summed E-state index contributed by atoms with van der Waals surface area (Å²) >= 11 is 0. The van der Waals surface area contributed by atoms with E-state index in [1.807, 2.05) is 30.3 Å². The molecule has 0 bridgehead atoms. The van der Waals surface area contributed by atoms with E-state index in [-0.39, 0.29) is 36.9 Å². The van der Waals surface area contributed by atoms with Gasteiger partial charge in [-0.3, -0.25) is 18.8 Å². The summed E-state index contributed by atoms with van der Waals surface area (Å²) in [6, 6.07) is 27.8. The van der Waals surface area contributed by atoms with Gasteiger partial charge in [0.2, 0.25) is 0 Å². The van der Waals surface area contributed by atoms with Crippen LogP contribution in [0.1, 0.15) is 66.1 Å². The number of urea groups is 1. The minimum atomic E-state index is -3.95. The van der Waals surface area contributed by atoms with Crippen LogP contribution < -0.4 is 19.8 Å². The van der Waals surface area contributed by atoms with Gasteiger partial charge in [0.05, 0.1) is 23.5 Å². The first-order valence-electron chi connectivity index (χ1n) is 16.7. The van der Waals surface area contributed by atoms with Crippen LogP contribution in [-0.2, 0) is 21.4 Å². The molecule has 3 amide bonds. The molecule has 0 saturated carbocycles. The van der Waals surface area contributed by atoms with E-state index in [9.17, 15) is 22.8 Å². The van der Waals surface area contributed by atoms with Gasteiger partial charge in [-0.25, -0.2) is 13.2 Å². The lowest BCUT2D eigenvalue weighted by Gasteiger charge is -2.26. The van der Waals surface area contributed by atoms with Crippen LogP contribution in [0.4, 0.5) is 21.9 Å². The molecule has 5 rings (SSSR count). The van der Waals surface area contributed by atoms with Crippen LogP contribution in [0.3, 0.4) is 0 Å². The van der Waals surface area contributed by atoms with Crippen molar-refractivity contribution in [3.05, 3.63) is 125 Å². The summed E-state index contributed by atoms with van der Waals surface area (Å²) in [4.78, 5) is 39.0. The number of sulfonamides is 1. The third-order valence-corrected chi connectivity index (χ3v) is 10.7. The summed E-state index contributed by atoms with van der Waals surface area (Å²) in [5.74, 6) is -1.39. The van der Waals surface area contributed by atoms with E-state index in [1.54, 1.807) is 79.4 Å². The van der Waals surface area contributed by atoms with E-state index in [1.165, 1.54) is 22.4 Å². The van der Waals surface area contributed by atoms with Crippen molar-refractivity contribution in [3.8, 4) is 0 Å². The molecule has 10 nitrogen and oxygen atoms in total. The number of allylic oxidation sites excluding steroid dienone is 2. The number of rotatable bonds is 13. The number of anilines is 3. The van der Waals surface area contributed by atoms with Crippen molar-refractivity contribution in [1.82, 2.24) is 5.32 Å². The maximum atomic E-state index is 14.0. The highest BCUT2D eigenvalue weighted by molar-refractivity contribution is 7.92. The Morgan fingerprint density at radius 3 is 2.22 bits per heavy atom. The van der Waals surface area contributed by atoms with Crippen LogP contribution in [0, 0.1) is 6.92 Å². The van der Waals surface area contributed by atoms with Crippen LogP contribution in [0.25, 0.3) is 5.57 Å². The smallest absolute Gasteiger partial charge is 0.326 e. The fraction of sp³-hybridized carbons (Fsp3) is 0.256. The molecule has 4 aromatic rings. The molecule has 0 unspecified atom stereocenters. The second-order valence-corrected chi connectivity index (χ2v) is 14.0. The Kier molecular flexibility index (Phi) is 11.7. The average molecular weight is 695 g/mol. The Morgan fingerprint density at radius 1 is 0.860 bits per heavy atom. The topological polar surface area (TPSA) is 136 Å². The lowest BCUT2D eigenvalue weighted by atomic mass is 9.93. The largest absolute Gasteiger partial charge is 0.481 e. The van der Waals surface area contributed by atoms with E-state index in [0.29, 0.717) is 28.2 Å². The molecule has 0 heterocycles. The highest BCUT2D eigenvalue weighted by atomic mass is 32.2. The first kappa shape index (κ1) is 35.9. The van der Waals surface area contributed by atoms with Crippen molar-refractivity contribution in [2.45, 2.75) is 57.4 Å². The third-order valence-electron chi connectivity index (χ3n) is 8.61. The maximum Gasteiger partial charge on any atom is 0.326 e. The highest BCUT2D eigenvalue weighted by Crippen LogP contribution is 2.30. The first-order valence-corrected chi connectivity index (χ1v) is 18.2. The van der Waals surface area contributed by atoms with Gasteiger partial charge in [0.15, 0.2) is 0 Å². The highest BCUT2D eigenvalue weighted by Gasteiger charge is 2.26. The number of nitrogens with one attached hydrogen (secondary N) is 2. The zero-order valence-electron chi connectivity index (χ0n) is 28.3. The second-order valence-electron chi connectivity index (χ2n) is 12.1. The summed E-state index contributed by atoms with van der Waals surface area (Å²) in [5, 5.41) is 14.4. The molecule has 3 N–H and O–H groups in total. The number of aliphatic carboxylic acids is 1. The number of para-hydroxylation sites is 1. The SMILES string of the molecule is CCN(c1ccccc1)S(=O)(=O)c1cc(NC(=O)N(Cc2ccc(C(=O)NCCC(=O)O)cc2)c2ccc(C3=CCCCC3)cc2)ccc1C. The van der Waals surface area contributed by atoms with Crippen molar-refractivity contribution in [1.29, 1.82) is 0 Å². The van der Waals surface area contributed by atoms with Crippen molar-refractivity contribution < 1.29 is 27.9 Å². The van der Waals surface area contributed by atoms with Gasteiger partial charge >= 0.3 is 12.0 Å². The van der Waals surface area contributed by atoms with Gasteiger partial charge < -0.3 is 15.7 Å². The van der Waals surface area contributed by atoms with Gasteiger partial charge in [-0.2, -0.15) is 0 Å². The molecule has 0 atom stereocenters. The minimum absolute atomic E-state index is 0.0154. The molecule has 0 aromatic heterocycles. The van der Waals surface area contributed by atoms with Crippen LogP contribution in [-0.4, -0.2) is 44.5 Å². The Labute approximate surface area is 293 Å². The predicted molar refractivity (Wildman–Crippen MR) is 197 cm³/mol. The maximum absolute atomic E-state index is 14.0. The number of carbonyl (C=O) groups is 3. The summed E-state index contributed by atoms with van der Waals surface area (Å²) in [7, 11) is -3.95. The van der Waals surface area contributed by atoms with Crippen molar-refractivity contribution in [2.24, 2.45) is 0 Å². The molecule has 1 aliphatic carbocycles. The summed E-state index contributed by atoms with van der Waals surface area (Å²) < 4.78 is 29.1. The van der Waals surface area contributed by atoms with Gasteiger partial charge in [-0.1, -0.05) is 54.6 Å². The Bertz CT molecular complexity index is 1960. The lowest BCUT2D eigenvalue weighted by molar-refractivity contribution is -0.136. The van der Waals surface area contributed by atoms with E-state index >= 15 is 0 Å².